The van der Waals surface area contributed by atoms with Crippen molar-refractivity contribution in [3.8, 4) is 22.5 Å². The van der Waals surface area contributed by atoms with Gasteiger partial charge >= 0.3 is 0 Å². The van der Waals surface area contributed by atoms with Crippen LogP contribution in [0.5, 0.6) is 0 Å². The molecule has 0 radical (unpaired) electrons. The lowest BCUT2D eigenvalue weighted by Crippen LogP contribution is -2.54. The first kappa shape index (κ1) is 40.7. The fourth-order valence-electron chi connectivity index (χ4n) is 5.36. The molecule has 12 nitrogen and oxygen atoms in total. The molecule has 0 saturated carbocycles. The van der Waals surface area contributed by atoms with Crippen LogP contribution in [0.1, 0.15) is 25.8 Å². The van der Waals surface area contributed by atoms with E-state index in [1.807, 2.05) is 98.8 Å². The predicted octanol–water partition coefficient (Wildman–Crippen LogP) is 4.55. The second-order valence-corrected chi connectivity index (χ2v) is 13.7. The molecule has 0 aliphatic heterocycles. The predicted molar refractivity (Wildman–Crippen MR) is 207 cm³/mol. The van der Waals surface area contributed by atoms with Gasteiger partial charge in [-0.25, -0.2) is 0 Å². The van der Waals surface area contributed by atoms with Crippen LogP contribution in [0.2, 0.25) is 0 Å². The maximum absolute atomic E-state index is 12.8. The number of carbonyl (C=O) groups excluding carboxylic acids is 2. The van der Waals surface area contributed by atoms with E-state index in [-0.39, 0.29) is 18.4 Å². The minimum Gasteiger partial charge on any atom is -0.383 e. The molecule has 4 rings (SSSR count). The molecule has 1 aromatic heterocycles. The molecule has 0 bridgehead atoms. The molecule has 0 aliphatic carbocycles. The number of rotatable bonds is 23. The molecule has 0 spiro atoms. The summed E-state index contributed by atoms with van der Waals surface area (Å²) in [6.07, 6.45) is -0.688. The average molecular weight is 780 g/mol. The normalized spacial score (nSPS) is 13.0. The van der Waals surface area contributed by atoms with E-state index in [2.05, 4.69) is 42.1 Å². The second kappa shape index (κ2) is 22.1. The Morgan fingerprint density at radius 2 is 1.50 bits per heavy atom. The van der Waals surface area contributed by atoms with Crippen LogP contribution < -0.4 is 21.7 Å². The van der Waals surface area contributed by atoms with Crippen LogP contribution in [0.15, 0.2) is 89.4 Å². The SMILES string of the molecule is CC(C)C[C@H](NC(=O)[C@@H](O)[C@H](N)Cc1ccccc1)C(=O)NCCOCCOCCOCCNc1ccc(-c2cc(-c3cccc(Br)c3)n[nH]2)cc1. The van der Waals surface area contributed by atoms with E-state index >= 15 is 0 Å². The number of anilines is 1. The van der Waals surface area contributed by atoms with Gasteiger partial charge in [0.2, 0.25) is 5.91 Å². The summed E-state index contributed by atoms with van der Waals surface area (Å²) in [5.41, 5.74) is 11.9. The number of ether oxygens (including phenoxy) is 3. The van der Waals surface area contributed by atoms with E-state index in [0.717, 1.165) is 38.2 Å². The number of aromatic nitrogens is 2. The van der Waals surface area contributed by atoms with Gasteiger partial charge in [-0.15, -0.1) is 0 Å². The zero-order valence-electron chi connectivity index (χ0n) is 29.9. The molecule has 13 heteroatoms. The molecule has 0 saturated heterocycles. The van der Waals surface area contributed by atoms with E-state index in [1.165, 1.54) is 0 Å². The minimum absolute atomic E-state index is 0.143. The third-order valence-electron chi connectivity index (χ3n) is 8.09. The van der Waals surface area contributed by atoms with Crippen molar-refractivity contribution in [2.24, 2.45) is 11.7 Å². The third-order valence-corrected chi connectivity index (χ3v) is 8.58. The van der Waals surface area contributed by atoms with Crippen molar-refractivity contribution >= 4 is 33.4 Å². The Labute approximate surface area is 314 Å². The Kier molecular flexibility index (Phi) is 17.3. The highest BCUT2D eigenvalue weighted by molar-refractivity contribution is 9.10. The number of hydrogen-bond acceptors (Lipinski definition) is 9. The van der Waals surface area contributed by atoms with Crippen molar-refractivity contribution in [2.75, 3.05) is 58.0 Å². The number of aliphatic hydroxyl groups is 1. The molecule has 0 aliphatic rings. The molecule has 7 N–H and O–H groups in total. The molecule has 3 atom stereocenters. The van der Waals surface area contributed by atoms with Crippen LogP contribution in [0, 0.1) is 5.92 Å². The first-order valence-electron chi connectivity index (χ1n) is 17.6. The first-order valence-corrected chi connectivity index (χ1v) is 18.4. The summed E-state index contributed by atoms with van der Waals surface area (Å²) in [5, 5.41) is 26.9. The summed E-state index contributed by atoms with van der Waals surface area (Å²) in [6.45, 7) is 7.35. The van der Waals surface area contributed by atoms with Crippen LogP contribution >= 0.6 is 15.9 Å². The summed E-state index contributed by atoms with van der Waals surface area (Å²) >= 11 is 3.51. The Morgan fingerprint density at radius 3 is 2.17 bits per heavy atom. The molecule has 52 heavy (non-hydrogen) atoms. The minimum atomic E-state index is -1.44. The fourth-order valence-corrected chi connectivity index (χ4v) is 5.76. The van der Waals surface area contributed by atoms with Gasteiger partial charge in [-0.05, 0) is 60.2 Å². The van der Waals surface area contributed by atoms with Gasteiger partial charge < -0.3 is 41.0 Å². The van der Waals surface area contributed by atoms with Crippen molar-refractivity contribution in [1.82, 2.24) is 20.8 Å². The molecule has 3 aromatic carbocycles. The number of nitrogens with one attached hydrogen (secondary N) is 4. The first-order chi connectivity index (χ1) is 25.2. The lowest BCUT2D eigenvalue weighted by atomic mass is 10.00. The number of hydrogen-bond donors (Lipinski definition) is 6. The number of nitrogens with zero attached hydrogens (tertiary/aromatic N) is 1. The van der Waals surface area contributed by atoms with Gasteiger partial charge in [0, 0.05) is 34.9 Å². The van der Waals surface area contributed by atoms with E-state index < -0.39 is 24.1 Å². The zero-order chi connectivity index (χ0) is 37.1. The number of amides is 2. The molecule has 2 amide bonds. The summed E-state index contributed by atoms with van der Waals surface area (Å²) < 4.78 is 17.8. The second-order valence-electron chi connectivity index (χ2n) is 12.8. The van der Waals surface area contributed by atoms with Crippen molar-refractivity contribution < 1.29 is 28.9 Å². The van der Waals surface area contributed by atoms with Crippen LogP contribution in [0.4, 0.5) is 5.69 Å². The summed E-state index contributed by atoms with van der Waals surface area (Å²) in [6, 6.07) is 26.1. The van der Waals surface area contributed by atoms with Gasteiger partial charge in [0.1, 0.15) is 12.1 Å². The van der Waals surface area contributed by atoms with Gasteiger partial charge in [-0.1, -0.05) is 84.4 Å². The smallest absolute Gasteiger partial charge is 0.251 e. The van der Waals surface area contributed by atoms with Gasteiger partial charge in [0.05, 0.1) is 51.0 Å². The van der Waals surface area contributed by atoms with E-state index in [0.29, 0.717) is 59.0 Å². The van der Waals surface area contributed by atoms with Crippen LogP contribution in [-0.4, -0.2) is 98.0 Å². The van der Waals surface area contributed by atoms with Gasteiger partial charge in [0.25, 0.3) is 5.91 Å². The summed E-state index contributed by atoms with van der Waals surface area (Å²) in [7, 11) is 0. The maximum Gasteiger partial charge on any atom is 0.251 e. The topological polar surface area (TPSA) is 173 Å². The lowest BCUT2D eigenvalue weighted by Gasteiger charge is -2.24. The average Bonchev–Trinajstić information content (AvgIpc) is 3.64. The summed E-state index contributed by atoms with van der Waals surface area (Å²) in [4.78, 5) is 25.6. The molecule has 4 aromatic rings. The van der Waals surface area contributed by atoms with Crippen LogP contribution in [0.25, 0.3) is 22.5 Å². The molecule has 0 fully saturated rings. The van der Waals surface area contributed by atoms with E-state index in [4.69, 9.17) is 19.9 Å². The highest BCUT2D eigenvalue weighted by Crippen LogP contribution is 2.26. The molecule has 280 valence electrons. The largest absolute Gasteiger partial charge is 0.383 e. The third kappa shape index (κ3) is 14.1. The number of nitrogens with two attached hydrogens (primary N) is 1. The number of benzene rings is 3. The van der Waals surface area contributed by atoms with Gasteiger partial charge in [-0.3, -0.25) is 14.7 Å². The number of aromatic amines is 1. The van der Waals surface area contributed by atoms with Crippen molar-refractivity contribution in [3.05, 3.63) is 95.0 Å². The van der Waals surface area contributed by atoms with Crippen molar-refractivity contribution in [1.29, 1.82) is 0 Å². The Hall–Kier alpha value is -4.11. The van der Waals surface area contributed by atoms with Crippen molar-refractivity contribution in [2.45, 2.75) is 44.9 Å². The monoisotopic (exact) mass is 778 g/mol. The Bertz CT molecular complexity index is 1640. The summed E-state index contributed by atoms with van der Waals surface area (Å²) in [5.74, 6) is -0.861. The fraction of sp³-hybridized carbons (Fsp3) is 0.410. The number of H-pyrrole nitrogens is 1. The Morgan fingerprint density at radius 1 is 0.827 bits per heavy atom. The Balaban J connectivity index is 1.01. The highest BCUT2D eigenvalue weighted by Gasteiger charge is 2.28. The standard InChI is InChI=1S/C39H51BrN6O6/c1-27(2)23-36(44-39(49)37(47)33(41)24-28-7-4-3-5-8-28)38(48)43-16-18-51-20-22-52-21-19-50-17-15-42-32-13-11-29(12-14-32)34-26-35(46-45-34)30-9-6-10-31(40)25-30/h3-14,25-27,33,36-37,42,47H,15-24,41H2,1-2H3,(H,43,48)(H,44,49)(H,45,46)/t33-,36+,37+/m1/s1. The molecule has 0 unspecified atom stereocenters. The van der Waals surface area contributed by atoms with Gasteiger partial charge in [0.15, 0.2) is 0 Å². The molecular formula is C39H51BrN6O6. The van der Waals surface area contributed by atoms with Crippen LogP contribution in [-0.2, 0) is 30.2 Å². The lowest BCUT2D eigenvalue weighted by molar-refractivity contribution is -0.135. The highest BCUT2D eigenvalue weighted by atomic mass is 79.9. The number of halogens is 1. The molecule has 1 heterocycles. The van der Waals surface area contributed by atoms with Gasteiger partial charge in [-0.2, -0.15) is 5.10 Å². The number of carbonyl (C=O) groups is 2. The quantitative estimate of drug-likeness (QED) is 0.0592. The van der Waals surface area contributed by atoms with Crippen molar-refractivity contribution in [3.63, 3.8) is 0 Å². The maximum atomic E-state index is 12.8. The van der Waals surface area contributed by atoms with Crippen LogP contribution in [0.3, 0.4) is 0 Å². The number of aliphatic hydroxyl groups excluding tert-OH is 1. The zero-order valence-corrected chi connectivity index (χ0v) is 31.4. The molecular weight excluding hydrogens is 728 g/mol. The van der Waals surface area contributed by atoms with E-state index in [9.17, 15) is 14.7 Å². The van der Waals surface area contributed by atoms with E-state index in [1.54, 1.807) is 0 Å².